The summed E-state index contributed by atoms with van der Waals surface area (Å²) in [5, 5.41) is 6.91. The van der Waals surface area contributed by atoms with Gasteiger partial charge in [-0.05, 0) is 23.6 Å². The number of hydrogen-bond acceptors (Lipinski definition) is 4. The number of nitrogens with one attached hydrogen (secondary N) is 2. The third-order valence-electron chi connectivity index (χ3n) is 4.90. The van der Waals surface area contributed by atoms with Crippen LogP contribution in [-0.2, 0) is 11.3 Å². The molecule has 27 heavy (non-hydrogen) atoms. The molecule has 1 heterocycles. The number of benzene rings is 1. The van der Waals surface area contributed by atoms with Crippen LogP contribution in [0, 0.1) is 5.92 Å². The molecule has 0 aromatic heterocycles. The zero-order valence-electron chi connectivity index (χ0n) is 17.4. The molecule has 1 aromatic rings. The van der Waals surface area contributed by atoms with Crippen molar-refractivity contribution >= 4 is 35.6 Å². The van der Waals surface area contributed by atoms with Crippen molar-refractivity contribution in [1.82, 2.24) is 15.5 Å². The van der Waals surface area contributed by atoms with E-state index in [-0.39, 0.29) is 24.0 Å². The van der Waals surface area contributed by atoms with Gasteiger partial charge in [0.25, 0.3) is 0 Å². The van der Waals surface area contributed by atoms with Crippen molar-refractivity contribution in [3.05, 3.63) is 29.8 Å². The summed E-state index contributed by atoms with van der Waals surface area (Å²) in [6, 6.07) is 9.07. The maximum Gasteiger partial charge on any atom is 0.191 e. The Labute approximate surface area is 181 Å². The highest BCUT2D eigenvalue weighted by atomic mass is 127. The zero-order valence-corrected chi connectivity index (χ0v) is 19.7. The van der Waals surface area contributed by atoms with Gasteiger partial charge in [0.05, 0.1) is 13.2 Å². The quantitative estimate of drug-likeness (QED) is 0.350. The second-order valence-electron chi connectivity index (χ2n) is 7.33. The summed E-state index contributed by atoms with van der Waals surface area (Å²) in [5.74, 6) is 1.43. The molecular formula is C20H36IN5O. The number of morpholine rings is 1. The van der Waals surface area contributed by atoms with Gasteiger partial charge in [-0.2, -0.15) is 0 Å². The van der Waals surface area contributed by atoms with Crippen LogP contribution in [-0.4, -0.2) is 70.9 Å². The lowest BCUT2D eigenvalue weighted by Crippen LogP contribution is -2.52. The van der Waals surface area contributed by atoms with E-state index in [4.69, 9.17) is 4.74 Å². The second kappa shape index (κ2) is 12.4. The topological polar surface area (TPSA) is 52.1 Å². The fraction of sp³-hybridized carbons (Fsp3) is 0.650. The SMILES string of the molecule is CN=C(NCc1ccc(N(C)C)cc1)NCC(C(C)C)N1CCOCC1.I. The number of rotatable bonds is 7. The van der Waals surface area contributed by atoms with Crippen molar-refractivity contribution in [3.63, 3.8) is 0 Å². The van der Waals surface area contributed by atoms with Crippen LogP contribution in [0.25, 0.3) is 0 Å². The normalized spacial score (nSPS) is 16.6. The van der Waals surface area contributed by atoms with Gasteiger partial charge in [-0.15, -0.1) is 24.0 Å². The lowest BCUT2D eigenvalue weighted by molar-refractivity contribution is 0.00752. The number of aliphatic imine (C=N–C) groups is 1. The summed E-state index contributed by atoms with van der Waals surface area (Å²) in [6.45, 7) is 9.89. The lowest BCUT2D eigenvalue weighted by atomic mass is 10.0. The molecule has 6 nitrogen and oxygen atoms in total. The Morgan fingerprint density at radius 3 is 2.30 bits per heavy atom. The van der Waals surface area contributed by atoms with Crippen molar-refractivity contribution < 1.29 is 4.74 Å². The first-order valence-corrected chi connectivity index (χ1v) is 9.54. The van der Waals surface area contributed by atoms with Gasteiger partial charge in [0.15, 0.2) is 5.96 Å². The molecular weight excluding hydrogens is 453 g/mol. The van der Waals surface area contributed by atoms with E-state index < -0.39 is 0 Å². The number of ether oxygens (including phenoxy) is 1. The number of anilines is 1. The number of hydrogen-bond donors (Lipinski definition) is 2. The molecule has 0 amide bonds. The minimum absolute atomic E-state index is 0. The zero-order chi connectivity index (χ0) is 18.9. The number of nitrogens with zero attached hydrogens (tertiary/aromatic N) is 3. The van der Waals surface area contributed by atoms with E-state index in [9.17, 15) is 0 Å². The minimum atomic E-state index is 0. The highest BCUT2D eigenvalue weighted by Gasteiger charge is 2.23. The second-order valence-corrected chi connectivity index (χ2v) is 7.33. The van der Waals surface area contributed by atoms with Crippen LogP contribution in [0.2, 0.25) is 0 Å². The van der Waals surface area contributed by atoms with Gasteiger partial charge < -0.3 is 20.3 Å². The molecule has 0 saturated carbocycles. The molecule has 1 aliphatic rings. The van der Waals surface area contributed by atoms with E-state index in [2.05, 4.69) is 77.6 Å². The lowest BCUT2D eigenvalue weighted by Gasteiger charge is -2.37. The van der Waals surface area contributed by atoms with Crippen LogP contribution in [0.15, 0.2) is 29.3 Å². The summed E-state index contributed by atoms with van der Waals surface area (Å²) in [6.07, 6.45) is 0. The molecule has 0 bridgehead atoms. The van der Waals surface area contributed by atoms with E-state index in [0.29, 0.717) is 12.0 Å². The Kier molecular flexibility index (Phi) is 11.0. The van der Waals surface area contributed by atoms with Crippen molar-refractivity contribution in [2.75, 3.05) is 58.9 Å². The van der Waals surface area contributed by atoms with Crippen molar-refractivity contribution in [3.8, 4) is 0 Å². The first-order chi connectivity index (χ1) is 12.5. The van der Waals surface area contributed by atoms with Gasteiger partial charge in [-0.3, -0.25) is 9.89 Å². The predicted molar refractivity (Wildman–Crippen MR) is 125 cm³/mol. The van der Waals surface area contributed by atoms with Crippen molar-refractivity contribution in [2.24, 2.45) is 10.9 Å². The van der Waals surface area contributed by atoms with Gasteiger partial charge >= 0.3 is 0 Å². The van der Waals surface area contributed by atoms with Gasteiger partial charge in [0.2, 0.25) is 0 Å². The Hall–Kier alpha value is -1.06. The summed E-state index contributed by atoms with van der Waals surface area (Å²) < 4.78 is 5.49. The third-order valence-corrected chi connectivity index (χ3v) is 4.90. The van der Waals surface area contributed by atoms with E-state index in [1.807, 2.05) is 7.05 Å². The molecule has 0 aliphatic carbocycles. The molecule has 154 valence electrons. The molecule has 1 saturated heterocycles. The van der Waals surface area contributed by atoms with Crippen molar-refractivity contribution in [2.45, 2.75) is 26.4 Å². The molecule has 2 N–H and O–H groups in total. The van der Waals surface area contributed by atoms with E-state index in [0.717, 1.165) is 45.4 Å². The van der Waals surface area contributed by atoms with Crippen LogP contribution < -0.4 is 15.5 Å². The Morgan fingerprint density at radius 2 is 1.78 bits per heavy atom. The average Bonchev–Trinajstić information content (AvgIpc) is 2.65. The smallest absolute Gasteiger partial charge is 0.191 e. The average molecular weight is 489 g/mol. The third kappa shape index (κ3) is 7.83. The van der Waals surface area contributed by atoms with Gasteiger partial charge in [0.1, 0.15) is 0 Å². The molecule has 1 unspecified atom stereocenters. The fourth-order valence-electron chi connectivity index (χ4n) is 3.22. The largest absolute Gasteiger partial charge is 0.379 e. The predicted octanol–water partition coefficient (Wildman–Crippen LogP) is 2.39. The fourth-order valence-corrected chi connectivity index (χ4v) is 3.22. The molecule has 1 fully saturated rings. The van der Waals surface area contributed by atoms with Gasteiger partial charge in [0, 0.05) is 59.1 Å². The first-order valence-electron chi connectivity index (χ1n) is 9.54. The number of halogens is 1. The van der Waals surface area contributed by atoms with Gasteiger partial charge in [-0.25, -0.2) is 0 Å². The Morgan fingerprint density at radius 1 is 1.15 bits per heavy atom. The van der Waals surface area contributed by atoms with E-state index in [1.165, 1.54) is 11.3 Å². The maximum atomic E-state index is 5.49. The van der Waals surface area contributed by atoms with Crippen LogP contribution >= 0.6 is 24.0 Å². The van der Waals surface area contributed by atoms with Crippen molar-refractivity contribution in [1.29, 1.82) is 0 Å². The molecule has 1 aliphatic heterocycles. The summed E-state index contributed by atoms with van der Waals surface area (Å²) in [4.78, 5) is 9.00. The standard InChI is InChI=1S/C20H35N5O.HI/c1-16(2)19(25-10-12-26-13-11-25)15-23-20(21-3)22-14-17-6-8-18(9-7-17)24(4)5;/h6-9,16,19H,10-15H2,1-5H3,(H2,21,22,23);1H. The first kappa shape index (κ1) is 24.0. The summed E-state index contributed by atoms with van der Waals surface area (Å²) in [5.41, 5.74) is 2.45. The van der Waals surface area contributed by atoms with Crippen LogP contribution in [0.3, 0.4) is 0 Å². The molecule has 1 atom stereocenters. The maximum absolute atomic E-state index is 5.49. The molecule has 0 radical (unpaired) electrons. The summed E-state index contributed by atoms with van der Waals surface area (Å²) in [7, 11) is 5.93. The Balaban J connectivity index is 0.00000364. The van der Waals surface area contributed by atoms with Crippen LogP contribution in [0.4, 0.5) is 5.69 Å². The molecule has 0 spiro atoms. The van der Waals surface area contributed by atoms with E-state index >= 15 is 0 Å². The molecule has 1 aromatic carbocycles. The molecule has 7 heteroatoms. The monoisotopic (exact) mass is 489 g/mol. The van der Waals surface area contributed by atoms with Gasteiger partial charge in [-0.1, -0.05) is 26.0 Å². The highest BCUT2D eigenvalue weighted by molar-refractivity contribution is 14.0. The van der Waals surface area contributed by atoms with E-state index in [1.54, 1.807) is 0 Å². The van der Waals surface area contributed by atoms with Crippen LogP contribution in [0.1, 0.15) is 19.4 Å². The highest BCUT2D eigenvalue weighted by Crippen LogP contribution is 2.13. The summed E-state index contributed by atoms with van der Waals surface area (Å²) >= 11 is 0. The Bertz CT molecular complexity index is 556. The van der Waals surface area contributed by atoms with Crippen LogP contribution in [0.5, 0.6) is 0 Å². The number of guanidine groups is 1. The molecule has 2 rings (SSSR count). The minimum Gasteiger partial charge on any atom is -0.379 e.